The van der Waals surface area contributed by atoms with E-state index < -0.39 is 5.97 Å². The number of anilines is 1. The Morgan fingerprint density at radius 3 is 2.60 bits per heavy atom. The lowest BCUT2D eigenvalue weighted by atomic mass is 10.1. The highest BCUT2D eigenvalue weighted by atomic mass is 16.5. The second kappa shape index (κ2) is 7.22. The van der Waals surface area contributed by atoms with E-state index >= 15 is 0 Å². The molecule has 0 saturated heterocycles. The highest BCUT2D eigenvalue weighted by Crippen LogP contribution is 2.32. The van der Waals surface area contributed by atoms with E-state index in [1.165, 1.54) is 19.2 Å². The van der Waals surface area contributed by atoms with Gasteiger partial charge in [0, 0.05) is 25.6 Å². The lowest BCUT2D eigenvalue weighted by Crippen LogP contribution is -2.18. The molecule has 0 aliphatic carbocycles. The number of benzene rings is 1. The zero-order valence-electron chi connectivity index (χ0n) is 11.4. The van der Waals surface area contributed by atoms with Crippen LogP contribution in [0.5, 0.6) is 11.5 Å². The number of methoxy groups -OCH3 is 1. The number of aromatic carboxylic acids is 1. The van der Waals surface area contributed by atoms with Gasteiger partial charge in [-0.3, -0.25) is 4.79 Å². The number of carboxylic acids is 1. The Labute approximate surface area is 116 Å². The van der Waals surface area contributed by atoms with Crippen molar-refractivity contribution in [2.24, 2.45) is 0 Å². The van der Waals surface area contributed by atoms with Crippen LogP contribution in [0.25, 0.3) is 0 Å². The number of amides is 1. The Hall–Kier alpha value is -2.44. The number of nitrogen functional groups attached to an aromatic ring is 1. The fourth-order valence-electron chi connectivity index (χ4n) is 1.57. The lowest BCUT2D eigenvalue weighted by Gasteiger charge is -2.12. The Bertz CT molecular complexity index is 502. The van der Waals surface area contributed by atoms with Gasteiger partial charge in [-0.25, -0.2) is 4.79 Å². The number of carbonyl (C=O) groups is 2. The van der Waals surface area contributed by atoms with Gasteiger partial charge in [0.1, 0.15) is 0 Å². The van der Waals surface area contributed by atoms with E-state index in [4.69, 9.17) is 20.3 Å². The Morgan fingerprint density at radius 2 is 2.05 bits per heavy atom. The summed E-state index contributed by atoms with van der Waals surface area (Å²) in [6, 6.07) is 2.72. The maximum Gasteiger partial charge on any atom is 0.337 e. The zero-order valence-corrected chi connectivity index (χ0v) is 11.4. The Balaban J connectivity index is 2.75. The molecule has 0 heterocycles. The summed E-state index contributed by atoms with van der Waals surface area (Å²) in [7, 11) is 3.00. The average Bonchev–Trinajstić information content (AvgIpc) is 2.43. The standard InChI is InChI=1S/C13H18N2O5/c1-15-12(16)4-3-5-20-11-6-8(13(17)18)9(14)7-10(11)19-2/h6-7H,3-5,14H2,1-2H3,(H,15,16)(H,17,18). The molecule has 20 heavy (non-hydrogen) atoms. The van der Waals surface area contributed by atoms with Crippen LogP contribution in [0.15, 0.2) is 12.1 Å². The molecule has 0 bridgehead atoms. The number of nitrogens with two attached hydrogens (primary N) is 1. The van der Waals surface area contributed by atoms with Crippen molar-refractivity contribution in [1.29, 1.82) is 0 Å². The largest absolute Gasteiger partial charge is 0.493 e. The van der Waals surface area contributed by atoms with Gasteiger partial charge in [-0.05, 0) is 6.42 Å². The first-order valence-corrected chi connectivity index (χ1v) is 6.03. The van der Waals surface area contributed by atoms with Gasteiger partial charge in [0.2, 0.25) is 5.91 Å². The fourth-order valence-corrected chi connectivity index (χ4v) is 1.57. The first kappa shape index (κ1) is 15.6. The van der Waals surface area contributed by atoms with E-state index in [-0.39, 0.29) is 29.5 Å². The van der Waals surface area contributed by atoms with Crippen LogP contribution in [0.3, 0.4) is 0 Å². The van der Waals surface area contributed by atoms with E-state index in [0.29, 0.717) is 18.6 Å². The normalized spacial score (nSPS) is 9.90. The minimum absolute atomic E-state index is 0.0490. The second-order valence-electron chi connectivity index (χ2n) is 4.02. The molecule has 0 fully saturated rings. The number of nitrogens with one attached hydrogen (secondary N) is 1. The van der Waals surface area contributed by atoms with Crippen molar-refractivity contribution in [3.8, 4) is 11.5 Å². The molecule has 0 radical (unpaired) electrons. The van der Waals surface area contributed by atoms with Gasteiger partial charge in [-0.2, -0.15) is 0 Å². The van der Waals surface area contributed by atoms with Gasteiger partial charge in [-0.1, -0.05) is 0 Å². The molecule has 0 saturated carbocycles. The first-order valence-electron chi connectivity index (χ1n) is 6.03. The van der Waals surface area contributed by atoms with Crippen LogP contribution in [0, 0.1) is 0 Å². The van der Waals surface area contributed by atoms with Crippen molar-refractivity contribution in [3.05, 3.63) is 17.7 Å². The van der Waals surface area contributed by atoms with E-state index in [0.717, 1.165) is 0 Å². The molecule has 1 aromatic rings. The summed E-state index contributed by atoms with van der Waals surface area (Å²) in [5, 5.41) is 11.5. The van der Waals surface area contributed by atoms with Crippen molar-refractivity contribution in [2.45, 2.75) is 12.8 Å². The molecule has 4 N–H and O–H groups in total. The van der Waals surface area contributed by atoms with Crippen LogP contribution in [0.4, 0.5) is 5.69 Å². The third kappa shape index (κ3) is 4.04. The molecule has 7 nitrogen and oxygen atoms in total. The molecule has 0 aromatic heterocycles. The lowest BCUT2D eigenvalue weighted by molar-refractivity contribution is -0.120. The van der Waals surface area contributed by atoms with Crippen LogP contribution >= 0.6 is 0 Å². The van der Waals surface area contributed by atoms with Gasteiger partial charge in [-0.15, -0.1) is 0 Å². The molecule has 0 atom stereocenters. The molecular formula is C13H18N2O5. The molecule has 110 valence electrons. The molecule has 1 amide bonds. The van der Waals surface area contributed by atoms with Crippen molar-refractivity contribution in [2.75, 3.05) is 26.5 Å². The quantitative estimate of drug-likeness (QED) is 0.505. The van der Waals surface area contributed by atoms with E-state index in [9.17, 15) is 9.59 Å². The highest BCUT2D eigenvalue weighted by Gasteiger charge is 2.14. The Kier molecular flexibility index (Phi) is 5.64. The SMILES string of the molecule is CNC(=O)CCCOc1cc(C(=O)O)c(N)cc1OC. The van der Waals surface area contributed by atoms with Gasteiger partial charge in [0.15, 0.2) is 11.5 Å². The summed E-state index contributed by atoms with van der Waals surface area (Å²) in [6.45, 7) is 0.271. The number of hydrogen-bond donors (Lipinski definition) is 3. The Morgan fingerprint density at radius 1 is 1.35 bits per heavy atom. The van der Waals surface area contributed by atoms with Crippen molar-refractivity contribution in [1.82, 2.24) is 5.32 Å². The minimum atomic E-state index is -1.14. The second-order valence-corrected chi connectivity index (χ2v) is 4.02. The smallest absolute Gasteiger partial charge is 0.337 e. The maximum atomic E-state index is 11.0. The molecule has 0 unspecified atom stereocenters. The summed E-state index contributed by atoms with van der Waals surface area (Å²) in [6.07, 6.45) is 0.842. The fraction of sp³-hybridized carbons (Fsp3) is 0.385. The molecule has 1 aromatic carbocycles. The predicted molar refractivity (Wildman–Crippen MR) is 73.2 cm³/mol. The van der Waals surface area contributed by atoms with Gasteiger partial charge >= 0.3 is 5.97 Å². The monoisotopic (exact) mass is 282 g/mol. The van der Waals surface area contributed by atoms with Crippen LogP contribution in [-0.4, -0.2) is 37.7 Å². The van der Waals surface area contributed by atoms with Crippen LogP contribution < -0.4 is 20.5 Å². The third-order valence-electron chi connectivity index (χ3n) is 2.65. The van der Waals surface area contributed by atoms with Gasteiger partial charge < -0.3 is 25.6 Å². The van der Waals surface area contributed by atoms with Gasteiger partial charge in [0.25, 0.3) is 0 Å². The molecular weight excluding hydrogens is 264 g/mol. The van der Waals surface area contributed by atoms with Crippen molar-refractivity contribution >= 4 is 17.6 Å². The van der Waals surface area contributed by atoms with E-state index in [1.807, 2.05) is 0 Å². The molecule has 1 rings (SSSR count). The van der Waals surface area contributed by atoms with Crippen molar-refractivity contribution in [3.63, 3.8) is 0 Å². The highest BCUT2D eigenvalue weighted by molar-refractivity contribution is 5.94. The number of carboxylic acid groups (broad SMARTS) is 1. The molecule has 0 aliphatic rings. The third-order valence-corrected chi connectivity index (χ3v) is 2.65. The summed E-state index contributed by atoms with van der Waals surface area (Å²) in [5.74, 6) is -0.576. The van der Waals surface area contributed by atoms with Gasteiger partial charge in [0.05, 0.1) is 25.0 Å². The number of carbonyl (C=O) groups excluding carboxylic acids is 1. The summed E-state index contributed by atoms with van der Waals surface area (Å²) in [4.78, 5) is 22.1. The molecule has 7 heteroatoms. The average molecular weight is 282 g/mol. The van der Waals surface area contributed by atoms with E-state index in [1.54, 1.807) is 7.05 Å². The molecule has 0 aliphatic heterocycles. The minimum Gasteiger partial charge on any atom is -0.493 e. The first-order chi connectivity index (χ1) is 9.49. The van der Waals surface area contributed by atoms with Crippen LogP contribution in [0.2, 0.25) is 0 Å². The topological polar surface area (TPSA) is 111 Å². The maximum absolute atomic E-state index is 11.0. The molecule has 0 spiro atoms. The zero-order chi connectivity index (χ0) is 15.1. The number of rotatable bonds is 7. The van der Waals surface area contributed by atoms with Crippen LogP contribution in [0.1, 0.15) is 23.2 Å². The summed E-state index contributed by atoms with van der Waals surface area (Å²) in [5.41, 5.74) is 5.66. The number of hydrogen-bond acceptors (Lipinski definition) is 5. The summed E-state index contributed by atoms with van der Waals surface area (Å²) >= 11 is 0. The number of ether oxygens (including phenoxy) is 2. The summed E-state index contributed by atoms with van der Waals surface area (Å²) < 4.78 is 10.5. The predicted octanol–water partition coefficient (Wildman–Crippen LogP) is 0.881. The van der Waals surface area contributed by atoms with E-state index in [2.05, 4.69) is 5.32 Å². The van der Waals surface area contributed by atoms with Crippen molar-refractivity contribution < 1.29 is 24.2 Å². The van der Waals surface area contributed by atoms with Crippen LogP contribution in [-0.2, 0) is 4.79 Å².